The smallest absolute Gasteiger partial charge is 0.231 e. The molecule has 0 spiro atoms. The normalized spacial score (nSPS) is 12.0. The van der Waals surface area contributed by atoms with Crippen LogP contribution in [0.2, 0.25) is 0 Å². The van der Waals surface area contributed by atoms with E-state index in [4.69, 9.17) is 9.47 Å². The molecule has 1 aromatic heterocycles. The van der Waals surface area contributed by atoms with Crippen molar-refractivity contribution in [3.8, 4) is 22.6 Å². The number of nitrogens with zero attached hydrogens (tertiary/aromatic N) is 3. The van der Waals surface area contributed by atoms with Gasteiger partial charge < -0.3 is 18.9 Å². The third-order valence-electron chi connectivity index (χ3n) is 5.87. The van der Waals surface area contributed by atoms with E-state index in [0.29, 0.717) is 19.4 Å². The standard InChI is InChI=1S/C27H25N3O3/c1-29-16-15-28-26(29)18-30(23-11-9-22(10-12-23)21-5-3-2-4-6-21)27(31)14-8-20-7-13-24-25(17-20)33-19-32-24/h2-7,9-13,15-17H,8,14,18-19H2,1H3. The molecule has 0 fully saturated rings. The maximum atomic E-state index is 13.4. The second-order valence-corrected chi connectivity index (χ2v) is 8.03. The Balaban J connectivity index is 1.36. The largest absolute Gasteiger partial charge is 0.454 e. The van der Waals surface area contributed by atoms with Gasteiger partial charge in [0.2, 0.25) is 12.7 Å². The molecule has 5 rings (SSSR count). The van der Waals surface area contributed by atoms with Crippen LogP contribution in [0.5, 0.6) is 11.5 Å². The fraction of sp³-hybridized carbons (Fsp3) is 0.185. The zero-order chi connectivity index (χ0) is 22.6. The molecule has 0 saturated heterocycles. The van der Waals surface area contributed by atoms with E-state index in [1.165, 1.54) is 0 Å². The summed E-state index contributed by atoms with van der Waals surface area (Å²) >= 11 is 0. The molecular formula is C27H25N3O3. The van der Waals surface area contributed by atoms with Gasteiger partial charge in [-0.2, -0.15) is 0 Å². The summed E-state index contributed by atoms with van der Waals surface area (Å²) in [4.78, 5) is 19.6. The summed E-state index contributed by atoms with van der Waals surface area (Å²) in [6, 6.07) is 24.2. The SMILES string of the molecule is Cn1ccnc1CN(C(=O)CCc1ccc2c(c1)OCO2)c1ccc(-c2ccccc2)cc1. The van der Waals surface area contributed by atoms with Gasteiger partial charge in [-0.25, -0.2) is 4.98 Å². The van der Waals surface area contributed by atoms with Crippen LogP contribution in [0.1, 0.15) is 17.8 Å². The number of carbonyl (C=O) groups excluding carboxylic acids is 1. The number of fused-ring (bicyclic) bond motifs is 1. The van der Waals surface area contributed by atoms with E-state index in [9.17, 15) is 4.79 Å². The summed E-state index contributed by atoms with van der Waals surface area (Å²) in [5, 5.41) is 0. The lowest BCUT2D eigenvalue weighted by molar-refractivity contribution is -0.118. The van der Waals surface area contributed by atoms with Gasteiger partial charge in [0.1, 0.15) is 5.82 Å². The monoisotopic (exact) mass is 439 g/mol. The molecule has 1 aliphatic heterocycles. The summed E-state index contributed by atoms with van der Waals surface area (Å²) in [6.07, 6.45) is 4.64. The average Bonchev–Trinajstić information content (AvgIpc) is 3.50. The van der Waals surface area contributed by atoms with E-state index in [0.717, 1.165) is 39.7 Å². The predicted molar refractivity (Wildman–Crippen MR) is 127 cm³/mol. The van der Waals surface area contributed by atoms with Crippen LogP contribution in [0.25, 0.3) is 11.1 Å². The number of anilines is 1. The van der Waals surface area contributed by atoms with Crippen molar-refractivity contribution in [1.29, 1.82) is 0 Å². The summed E-state index contributed by atoms with van der Waals surface area (Å²) < 4.78 is 12.8. The second kappa shape index (κ2) is 9.20. The van der Waals surface area contributed by atoms with Crippen molar-refractivity contribution >= 4 is 11.6 Å². The highest BCUT2D eigenvalue weighted by atomic mass is 16.7. The fourth-order valence-corrected chi connectivity index (χ4v) is 3.96. The number of ether oxygens (including phenoxy) is 2. The van der Waals surface area contributed by atoms with Crippen LogP contribution in [-0.2, 0) is 24.8 Å². The molecule has 0 saturated carbocycles. The molecule has 0 bridgehead atoms. The maximum absolute atomic E-state index is 13.4. The third-order valence-corrected chi connectivity index (χ3v) is 5.87. The Morgan fingerprint density at radius 1 is 0.970 bits per heavy atom. The van der Waals surface area contributed by atoms with Gasteiger partial charge in [0.15, 0.2) is 11.5 Å². The van der Waals surface area contributed by atoms with Crippen molar-refractivity contribution in [3.05, 3.63) is 96.6 Å². The minimum absolute atomic E-state index is 0.0446. The van der Waals surface area contributed by atoms with Gasteiger partial charge in [-0.1, -0.05) is 48.5 Å². The van der Waals surface area contributed by atoms with E-state index in [1.807, 2.05) is 71.2 Å². The number of benzene rings is 3. The highest BCUT2D eigenvalue weighted by Crippen LogP contribution is 2.33. The molecule has 6 heteroatoms. The van der Waals surface area contributed by atoms with Gasteiger partial charge >= 0.3 is 0 Å². The highest BCUT2D eigenvalue weighted by Gasteiger charge is 2.19. The lowest BCUT2D eigenvalue weighted by atomic mass is 10.0. The van der Waals surface area contributed by atoms with Gasteiger partial charge in [0.05, 0.1) is 6.54 Å². The van der Waals surface area contributed by atoms with E-state index < -0.39 is 0 Å². The summed E-state index contributed by atoms with van der Waals surface area (Å²) in [5.74, 6) is 2.36. The number of aryl methyl sites for hydroxylation is 2. The van der Waals surface area contributed by atoms with Crippen LogP contribution < -0.4 is 14.4 Å². The van der Waals surface area contributed by atoms with E-state index >= 15 is 0 Å². The molecule has 0 atom stereocenters. The Kier molecular flexibility index (Phi) is 5.81. The van der Waals surface area contributed by atoms with Crippen LogP contribution in [0.15, 0.2) is 85.2 Å². The van der Waals surface area contributed by atoms with Crippen LogP contribution >= 0.6 is 0 Å². The number of rotatable bonds is 7. The van der Waals surface area contributed by atoms with Crippen LogP contribution in [0.3, 0.4) is 0 Å². The zero-order valence-corrected chi connectivity index (χ0v) is 18.5. The van der Waals surface area contributed by atoms with Crippen LogP contribution in [0.4, 0.5) is 5.69 Å². The van der Waals surface area contributed by atoms with E-state index in [2.05, 4.69) is 29.2 Å². The first-order chi connectivity index (χ1) is 16.2. The zero-order valence-electron chi connectivity index (χ0n) is 18.5. The lowest BCUT2D eigenvalue weighted by Gasteiger charge is -2.23. The van der Waals surface area contributed by atoms with Crippen molar-refractivity contribution in [3.63, 3.8) is 0 Å². The van der Waals surface area contributed by atoms with Crippen LogP contribution in [-0.4, -0.2) is 22.3 Å². The van der Waals surface area contributed by atoms with Crippen molar-refractivity contribution in [2.24, 2.45) is 7.05 Å². The maximum Gasteiger partial charge on any atom is 0.231 e. The minimum atomic E-state index is 0.0446. The Morgan fingerprint density at radius 2 is 1.73 bits per heavy atom. The highest BCUT2D eigenvalue weighted by molar-refractivity contribution is 5.93. The first-order valence-corrected chi connectivity index (χ1v) is 11.0. The van der Waals surface area contributed by atoms with Crippen molar-refractivity contribution in [2.75, 3.05) is 11.7 Å². The number of aromatic nitrogens is 2. The minimum Gasteiger partial charge on any atom is -0.454 e. The van der Waals surface area contributed by atoms with Crippen molar-refractivity contribution in [2.45, 2.75) is 19.4 Å². The number of imidazole rings is 1. The topological polar surface area (TPSA) is 56.6 Å². The van der Waals surface area contributed by atoms with E-state index in [1.54, 1.807) is 6.20 Å². The number of amides is 1. The van der Waals surface area contributed by atoms with Gasteiger partial charge in [-0.3, -0.25) is 4.79 Å². The fourth-order valence-electron chi connectivity index (χ4n) is 3.96. The first kappa shape index (κ1) is 20.8. The van der Waals surface area contributed by atoms with Gasteiger partial charge in [0.25, 0.3) is 0 Å². The van der Waals surface area contributed by atoms with Crippen LogP contribution in [0, 0.1) is 0 Å². The molecule has 0 aliphatic carbocycles. The molecule has 1 aliphatic rings. The predicted octanol–water partition coefficient (Wildman–Crippen LogP) is 4.98. The molecule has 0 unspecified atom stereocenters. The van der Waals surface area contributed by atoms with Gasteiger partial charge in [0, 0.05) is 31.5 Å². The Morgan fingerprint density at radius 3 is 2.48 bits per heavy atom. The summed E-state index contributed by atoms with van der Waals surface area (Å²) in [7, 11) is 1.94. The lowest BCUT2D eigenvalue weighted by Crippen LogP contribution is -2.31. The quantitative estimate of drug-likeness (QED) is 0.407. The molecule has 166 valence electrons. The Labute approximate surface area is 193 Å². The molecular weight excluding hydrogens is 414 g/mol. The summed E-state index contributed by atoms with van der Waals surface area (Å²) in [5.41, 5.74) is 4.16. The number of carbonyl (C=O) groups is 1. The molecule has 3 aromatic carbocycles. The molecule has 6 nitrogen and oxygen atoms in total. The van der Waals surface area contributed by atoms with Crippen molar-refractivity contribution < 1.29 is 14.3 Å². The first-order valence-electron chi connectivity index (χ1n) is 11.0. The van der Waals surface area contributed by atoms with Gasteiger partial charge in [-0.05, 0) is 47.4 Å². The number of hydrogen-bond acceptors (Lipinski definition) is 4. The molecule has 33 heavy (non-hydrogen) atoms. The molecule has 1 amide bonds. The molecule has 2 heterocycles. The van der Waals surface area contributed by atoms with E-state index in [-0.39, 0.29) is 12.7 Å². The second-order valence-electron chi connectivity index (χ2n) is 8.03. The Hall–Kier alpha value is -4.06. The summed E-state index contributed by atoms with van der Waals surface area (Å²) in [6.45, 7) is 0.655. The van der Waals surface area contributed by atoms with Gasteiger partial charge in [-0.15, -0.1) is 0 Å². The molecule has 0 radical (unpaired) electrons. The Bertz CT molecular complexity index is 1250. The van der Waals surface area contributed by atoms with Crippen molar-refractivity contribution in [1.82, 2.24) is 9.55 Å². The third kappa shape index (κ3) is 4.60. The molecule has 0 N–H and O–H groups in total. The number of hydrogen-bond donors (Lipinski definition) is 0. The average molecular weight is 440 g/mol. The molecule has 4 aromatic rings.